The number of para-hydroxylation sites is 1. The molecule has 0 fully saturated rings. The molecule has 0 unspecified atom stereocenters. The average Bonchev–Trinajstić information content (AvgIpc) is 3.17. The zero-order valence-electron chi connectivity index (χ0n) is 13.0. The van der Waals surface area contributed by atoms with Gasteiger partial charge in [0.1, 0.15) is 22.3 Å². The normalized spacial score (nSPS) is 12.2. The van der Waals surface area contributed by atoms with Gasteiger partial charge in [0, 0.05) is 31.4 Å². The monoisotopic (exact) mass is 386 g/mol. The van der Waals surface area contributed by atoms with Crippen molar-refractivity contribution < 1.29 is 8.83 Å². The fourth-order valence-electron chi connectivity index (χ4n) is 3.75. The molecule has 0 atom stereocenters. The summed E-state index contributed by atoms with van der Waals surface area (Å²) in [5.41, 5.74) is 3.61. The molecule has 0 N–H and O–H groups in total. The van der Waals surface area contributed by atoms with E-state index in [4.69, 9.17) is 8.83 Å². The number of benzene rings is 4. The van der Waals surface area contributed by atoms with Gasteiger partial charge in [-0.2, -0.15) is 0 Å². The first kappa shape index (κ1) is 13.5. The van der Waals surface area contributed by atoms with Gasteiger partial charge in [-0.3, -0.25) is 0 Å². The standard InChI is InChI=1S/C22H11BrO2/c23-13-6-8-20-18(10-13)15-7-5-12-9-17-14-3-1-2-4-19(14)24-21(17)11-16(12)22(15)25-20/h1-11H. The number of furan rings is 2. The second kappa shape index (κ2) is 4.64. The third kappa shape index (κ3) is 1.79. The van der Waals surface area contributed by atoms with Crippen molar-refractivity contribution in [1.82, 2.24) is 0 Å². The minimum absolute atomic E-state index is 0.892. The Balaban J connectivity index is 1.82. The molecule has 6 aromatic rings. The fraction of sp³-hybridized carbons (Fsp3) is 0. The molecule has 0 saturated heterocycles. The van der Waals surface area contributed by atoms with E-state index in [-0.39, 0.29) is 0 Å². The Morgan fingerprint density at radius 2 is 1.40 bits per heavy atom. The first-order valence-electron chi connectivity index (χ1n) is 8.14. The first-order valence-corrected chi connectivity index (χ1v) is 8.93. The first-order chi connectivity index (χ1) is 12.3. The molecule has 3 heteroatoms. The van der Waals surface area contributed by atoms with E-state index in [1.807, 2.05) is 30.3 Å². The molecule has 118 valence electrons. The molecule has 0 amide bonds. The lowest BCUT2D eigenvalue weighted by molar-refractivity contribution is 0.667. The molecule has 0 aliphatic carbocycles. The molecule has 0 saturated carbocycles. The molecule has 0 spiro atoms. The van der Waals surface area contributed by atoms with Gasteiger partial charge >= 0.3 is 0 Å². The Morgan fingerprint density at radius 3 is 2.36 bits per heavy atom. The van der Waals surface area contributed by atoms with E-state index in [1.165, 1.54) is 0 Å². The summed E-state index contributed by atoms with van der Waals surface area (Å²) in [5, 5.41) is 6.77. The summed E-state index contributed by atoms with van der Waals surface area (Å²) in [7, 11) is 0. The highest BCUT2D eigenvalue weighted by atomic mass is 79.9. The van der Waals surface area contributed by atoms with Gasteiger partial charge in [0.15, 0.2) is 0 Å². The van der Waals surface area contributed by atoms with E-state index >= 15 is 0 Å². The van der Waals surface area contributed by atoms with E-state index in [0.717, 1.165) is 59.1 Å². The summed E-state index contributed by atoms with van der Waals surface area (Å²) >= 11 is 3.55. The molecule has 0 aliphatic rings. The van der Waals surface area contributed by atoms with Crippen LogP contribution in [0.2, 0.25) is 0 Å². The minimum atomic E-state index is 0.892. The predicted octanol–water partition coefficient (Wildman–Crippen LogP) is 7.40. The lowest BCUT2D eigenvalue weighted by Gasteiger charge is -1.99. The zero-order valence-corrected chi connectivity index (χ0v) is 14.6. The number of hydrogen-bond donors (Lipinski definition) is 0. The molecular weight excluding hydrogens is 376 g/mol. The molecule has 2 heterocycles. The van der Waals surface area contributed by atoms with Crippen LogP contribution in [0.3, 0.4) is 0 Å². The molecule has 25 heavy (non-hydrogen) atoms. The minimum Gasteiger partial charge on any atom is -0.456 e. The Kier molecular flexibility index (Phi) is 2.51. The molecule has 0 bridgehead atoms. The van der Waals surface area contributed by atoms with Crippen LogP contribution < -0.4 is 0 Å². The summed E-state index contributed by atoms with van der Waals surface area (Å²) in [6.45, 7) is 0. The SMILES string of the molecule is Brc1ccc2oc3c4cc5oc6ccccc6c5cc4ccc3c2c1. The van der Waals surface area contributed by atoms with Crippen LogP contribution in [0.1, 0.15) is 0 Å². The summed E-state index contributed by atoms with van der Waals surface area (Å²) in [6, 6.07) is 22.9. The lowest BCUT2D eigenvalue weighted by atomic mass is 10.0. The molecule has 4 aromatic carbocycles. The quantitative estimate of drug-likeness (QED) is 0.271. The maximum Gasteiger partial charge on any atom is 0.143 e. The van der Waals surface area contributed by atoms with Crippen LogP contribution in [0.5, 0.6) is 0 Å². The van der Waals surface area contributed by atoms with Crippen LogP contribution in [0.15, 0.2) is 80.0 Å². The van der Waals surface area contributed by atoms with Gasteiger partial charge in [-0.05, 0) is 47.9 Å². The largest absolute Gasteiger partial charge is 0.456 e. The summed E-state index contributed by atoms with van der Waals surface area (Å²) < 4.78 is 13.3. The van der Waals surface area contributed by atoms with Gasteiger partial charge in [-0.25, -0.2) is 0 Å². The maximum atomic E-state index is 6.18. The number of hydrogen-bond acceptors (Lipinski definition) is 2. The Morgan fingerprint density at radius 1 is 0.560 bits per heavy atom. The van der Waals surface area contributed by atoms with Gasteiger partial charge in [0.05, 0.1) is 0 Å². The summed E-state index contributed by atoms with van der Waals surface area (Å²) in [6.07, 6.45) is 0. The van der Waals surface area contributed by atoms with Gasteiger partial charge in [-0.15, -0.1) is 0 Å². The third-order valence-corrected chi connectivity index (χ3v) is 5.40. The van der Waals surface area contributed by atoms with Crippen molar-refractivity contribution in [3.8, 4) is 0 Å². The van der Waals surface area contributed by atoms with Crippen molar-refractivity contribution >= 4 is 70.6 Å². The van der Waals surface area contributed by atoms with E-state index in [9.17, 15) is 0 Å². The predicted molar refractivity (Wildman–Crippen MR) is 106 cm³/mol. The highest BCUT2D eigenvalue weighted by molar-refractivity contribution is 9.10. The van der Waals surface area contributed by atoms with Crippen LogP contribution in [-0.4, -0.2) is 0 Å². The van der Waals surface area contributed by atoms with Crippen molar-refractivity contribution in [2.24, 2.45) is 0 Å². The van der Waals surface area contributed by atoms with Gasteiger partial charge in [0.25, 0.3) is 0 Å². The van der Waals surface area contributed by atoms with Gasteiger partial charge < -0.3 is 8.83 Å². The van der Waals surface area contributed by atoms with Crippen molar-refractivity contribution in [2.45, 2.75) is 0 Å². The molecule has 2 nitrogen and oxygen atoms in total. The number of halogens is 1. The van der Waals surface area contributed by atoms with Crippen molar-refractivity contribution in [3.63, 3.8) is 0 Å². The van der Waals surface area contributed by atoms with Crippen molar-refractivity contribution in [3.05, 3.63) is 71.2 Å². The van der Waals surface area contributed by atoms with E-state index in [1.54, 1.807) is 0 Å². The molecule has 6 rings (SSSR count). The summed E-state index contributed by atoms with van der Waals surface area (Å²) in [4.78, 5) is 0. The second-order valence-corrected chi connectivity index (χ2v) is 7.27. The number of fused-ring (bicyclic) bond motifs is 8. The van der Waals surface area contributed by atoms with Crippen molar-refractivity contribution in [2.75, 3.05) is 0 Å². The third-order valence-electron chi connectivity index (χ3n) is 4.91. The maximum absolute atomic E-state index is 6.18. The Labute approximate surface area is 150 Å². The highest BCUT2D eigenvalue weighted by Crippen LogP contribution is 2.38. The highest BCUT2D eigenvalue weighted by Gasteiger charge is 2.13. The van der Waals surface area contributed by atoms with Gasteiger partial charge in [-0.1, -0.05) is 40.2 Å². The molecule has 2 aromatic heterocycles. The van der Waals surface area contributed by atoms with E-state index < -0.39 is 0 Å². The average molecular weight is 387 g/mol. The molecular formula is C22H11BrO2. The zero-order chi connectivity index (χ0) is 16.5. The fourth-order valence-corrected chi connectivity index (χ4v) is 4.11. The van der Waals surface area contributed by atoms with E-state index in [2.05, 4.69) is 52.3 Å². The van der Waals surface area contributed by atoms with Crippen LogP contribution >= 0.6 is 15.9 Å². The lowest BCUT2D eigenvalue weighted by Crippen LogP contribution is -1.75. The molecule has 0 radical (unpaired) electrons. The Hall–Kier alpha value is -2.78. The van der Waals surface area contributed by atoms with E-state index in [0.29, 0.717) is 0 Å². The summed E-state index contributed by atoms with van der Waals surface area (Å²) in [5.74, 6) is 0. The second-order valence-electron chi connectivity index (χ2n) is 6.35. The number of rotatable bonds is 0. The Bertz CT molecular complexity index is 1450. The van der Waals surface area contributed by atoms with Crippen LogP contribution in [0.4, 0.5) is 0 Å². The van der Waals surface area contributed by atoms with Crippen LogP contribution in [0.25, 0.3) is 54.6 Å². The van der Waals surface area contributed by atoms with Gasteiger partial charge in [0.2, 0.25) is 0 Å². The topological polar surface area (TPSA) is 26.3 Å². The molecule has 0 aliphatic heterocycles. The van der Waals surface area contributed by atoms with Crippen LogP contribution in [0, 0.1) is 0 Å². The van der Waals surface area contributed by atoms with Crippen molar-refractivity contribution in [1.29, 1.82) is 0 Å². The van der Waals surface area contributed by atoms with Crippen LogP contribution in [-0.2, 0) is 0 Å². The smallest absolute Gasteiger partial charge is 0.143 e.